The number of nitrogens with zero attached hydrogens (tertiary/aromatic N) is 5. The predicted octanol–water partition coefficient (Wildman–Crippen LogP) is 2.87. The Labute approximate surface area is 180 Å². The van der Waals surface area contributed by atoms with Crippen LogP contribution in [0, 0.1) is 56.2 Å². The fourth-order valence-corrected chi connectivity index (χ4v) is 5.68. The number of amides is 1. The lowest BCUT2D eigenvalue weighted by atomic mass is 9.57. The highest BCUT2D eigenvalue weighted by molar-refractivity contribution is 6.08. The smallest absolute Gasteiger partial charge is 0.238 e. The molecule has 0 aromatic heterocycles. The Balaban J connectivity index is 1.64. The van der Waals surface area contributed by atoms with Gasteiger partial charge in [0.15, 0.2) is 10.8 Å². The van der Waals surface area contributed by atoms with Crippen molar-refractivity contribution in [3.05, 3.63) is 64.2 Å². The van der Waals surface area contributed by atoms with Gasteiger partial charge in [-0.05, 0) is 46.7 Å². The van der Waals surface area contributed by atoms with Gasteiger partial charge in [0.05, 0.1) is 29.7 Å². The quantitative estimate of drug-likeness (QED) is 0.671. The summed E-state index contributed by atoms with van der Waals surface area (Å²) in [6, 6.07) is 19.7. The van der Waals surface area contributed by atoms with Crippen molar-refractivity contribution >= 4 is 11.6 Å². The van der Waals surface area contributed by atoms with Crippen molar-refractivity contribution < 1.29 is 4.79 Å². The van der Waals surface area contributed by atoms with Crippen molar-refractivity contribution in [3.8, 4) is 24.3 Å². The highest BCUT2D eigenvalue weighted by Crippen LogP contribution is 2.52. The third kappa shape index (κ3) is 2.10. The van der Waals surface area contributed by atoms with Crippen molar-refractivity contribution in [1.29, 1.82) is 21.0 Å². The van der Waals surface area contributed by atoms with E-state index >= 15 is 0 Å². The first-order valence-electron chi connectivity index (χ1n) is 10.1. The van der Waals surface area contributed by atoms with Gasteiger partial charge in [0.25, 0.3) is 0 Å². The lowest BCUT2D eigenvalue weighted by molar-refractivity contribution is -0.122. The Hall–Kier alpha value is -4.13. The largest absolute Gasteiger partial charge is 0.314 e. The zero-order valence-corrected chi connectivity index (χ0v) is 16.9. The highest BCUT2D eigenvalue weighted by Gasteiger charge is 2.58. The summed E-state index contributed by atoms with van der Waals surface area (Å²) in [5.41, 5.74) is 1.54. The van der Waals surface area contributed by atoms with Crippen LogP contribution < -0.4 is 4.90 Å². The van der Waals surface area contributed by atoms with E-state index in [0.717, 1.165) is 33.5 Å². The molecule has 1 spiro atoms. The molecule has 0 saturated heterocycles. The summed E-state index contributed by atoms with van der Waals surface area (Å²) < 4.78 is 0. The molecule has 6 nitrogen and oxygen atoms in total. The van der Waals surface area contributed by atoms with Gasteiger partial charge in [-0.3, -0.25) is 4.79 Å². The summed E-state index contributed by atoms with van der Waals surface area (Å²) in [5.74, 6) is 0.0645. The average molecular weight is 403 g/mol. The molecule has 0 unspecified atom stereocenters. The van der Waals surface area contributed by atoms with Crippen molar-refractivity contribution in [1.82, 2.24) is 0 Å². The van der Waals surface area contributed by atoms with Crippen LogP contribution in [0.15, 0.2) is 36.4 Å². The molecule has 0 radical (unpaired) electrons. The standard InChI is InChI=1S/C25H17N5O/c1-30-21-5-3-2-4-20(21)25(22(30)31)10-18-6-16-8-23(12-26,13-27)24(14-28,15-29)9-17(16)7-19(18)11-25/h2-7H,8-11H2,1H3. The maximum absolute atomic E-state index is 13.3. The molecule has 31 heavy (non-hydrogen) atoms. The molecule has 1 amide bonds. The van der Waals surface area contributed by atoms with E-state index in [2.05, 4.69) is 0 Å². The maximum atomic E-state index is 13.3. The van der Waals surface area contributed by atoms with Gasteiger partial charge in [-0.2, -0.15) is 21.0 Å². The van der Waals surface area contributed by atoms with E-state index in [-0.39, 0.29) is 18.7 Å². The van der Waals surface area contributed by atoms with Gasteiger partial charge >= 0.3 is 0 Å². The lowest BCUT2D eigenvalue weighted by Crippen LogP contribution is -2.45. The van der Waals surface area contributed by atoms with Gasteiger partial charge in [0.1, 0.15) is 0 Å². The summed E-state index contributed by atoms with van der Waals surface area (Å²) in [6.45, 7) is 0. The fraction of sp³-hybridized carbons (Fsp3) is 0.320. The molecule has 1 aliphatic heterocycles. The SMILES string of the molecule is CN1C(=O)C2(Cc3cc4c(cc3C2)CC(C#N)(C#N)C(C#N)(C#N)C4)c2ccccc21. The molecule has 0 bridgehead atoms. The van der Waals surface area contributed by atoms with Crippen LogP contribution in [0.1, 0.15) is 27.8 Å². The summed E-state index contributed by atoms with van der Waals surface area (Å²) in [4.78, 5) is 15.0. The van der Waals surface area contributed by atoms with Crippen molar-refractivity contribution in [3.63, 3.8) is 0 Å². The van der Waals surface area contributed by atoms with E-state index in [1.54, 1.807) is 11.9 Å². The molecule has 2 aliphatic carbocycles. The van der Waals surface area contributed by atoms with Gasteiger partial charge < -0.3 is 4.90 Å². The molecule has 0 N–H and O–H groups in total. The van der Waals surface area contributed by atoms with E-state index in [1.807, 2.05) is 60.7 Å². The molecule has 2 aromatic carbocycles. The molecule has 1 heterocycles. The van der Waals surface area contributed by atoms with Crippen LogP contribution >= 0.6 is 0 Å². The maximum Gasteiger partial charge on any atom is 0.238 e. The molecule has 2 aromatic rings. The Bertz CT molecular complexity index is 1250. The number of carbonyl (C=O) groups is 1. The third-order valence-corrected chi connectivity index (χ3v) is 7.40. The second kappa shape index (κ2) is 5.95. The Kier molecular flexibility index (Phi) is 3.62. The molecule has 6 heteroatoms. The number of likely N-dealkylation sites (N-methyl/N-ethyl adjacent to an activating group) is 1. The van der Waals surface area contributed by atoms with Crippen molar-refractivity contribution in [2.75, 3.05) is 11.9 Å². The Morgan fingerprint density at radius 3 is 1.71 bits per heavy atom. The first-order valence-corrected chi connectivity index (χ1v) is 10.1. The number of nitriles is 4. The molecule has 0 saturated carbocycles. The Morgan fingerprint density at radius 1 is 0.774 bits per heavy atom. The number of benzene rings is 2. The second-order valence-electron chi connectivity index (χ2n) is 8.82. The van der Waals surface area contributed by atoms with Gasteiger partial charge in [-0.15, -0.1) is 0 Å². The van der Waals surface area contributed by atoms with E-state index in [4.69, 9.17) is 0 Å². The zero-order valence-electron chi connectivity index (χ0n) is 16.9. The van der Waals surface area contributed by atoms with Crippen LogP contribution in [0.25, 0.3) is 0 Å². The van der Waals surface area contributed by atoms with Crippen LogP contribution in [0.5, 0.6) is 0 Å². The molecule has 0 fully saturated rings. The molecular formula is C25H17N5O. The fourth-order valence-electron chi connectivity index (χ4n) is 5.68. The minimum Gasteiger partial charge on any atom is -0.314 e. The first-order chi connectivity index (χ1) is 14.9. The van der Waals surface area contributed by atoms with Crippen molar-refractivity contribution in [2.45, 2.75) is 31.1 Å². The van der Waals surface area contributed by atoms with Crippen LogP contribution in [0.4, 0.5) is 5.69 Å². The van der Waals surface area contributed by atoms with Crippen LogP contribution in [0.2, 0.25) is 0 Å². The summed E-state index contributed by atoms with van der Waals surface area (Å²) in [6.07, 6.45) is 1.18. The summed E-state index contributed by atoms with van der Waals surface area (Å²) in [7, 11) is 1.80. The van der Waals surface area contributed by atoms with E-state index in [0.29, 0.717) is 12.8 Å². The topological polar surface area (TPSA) is 115 Å². The lowest BCUT2D eigenvalue weighted by Gasteiger charge is -2.37. The average Bonchev–Trinajstić information content (AvgIpc) is 3.27. The van der Waals surface area contributed by atoms with Crippen LogP contribution in [-0.2, 0) is 35.9 Å². The normalized spacial score (nSPS) is 20.5. The summed E-state index contributed by atoms with van der Waals surface area (Å²) >= 11 is 0. The molecule has 3 aliphatic rings. The van der Waals surface area contributed by atoms with Gasteiger partial charge in [-0.25, -0.2) is 0 Å². The number of carbonyl (C=O) groups excluding carboxylic acids is 1. The predicted molar refractivity (Wildman–Crippen MR) is 110 cm³/mol. The molecule has 148 valence electrons. The number of fused-ring (bicyclic) bond motifs is 4. The molecule has 5 rings (SSSR count). The van der Waals surface area contributed by atoms with Crippen LogP contribution in [-0.4, -0.2) is 13.0 Å². The highest BCUT2D eigenvalue weighted by atomic mass is 16.2. The van der Waals surface area contributed by atoms with Gasteiger partial charge in [0, 0.05) is 25.6 Å². The second-order valence-corrected chi connectivity index (χ2v) is 8.82. The van der Waals surface area contributed by atoms with Crippen molar-refractivity contribution in [2.24, 2.45) is 10.8 Å². The number of para-hydroxylation sites is 1. The van der Waals surface area contributed by atoms with Crippen LogP contribution in [0.3, 0.4) is 0 Å². The minimum atomic E-state index is -1.72. The van der Waals surface area contributed by atoms with Gasteiger partial charge in [-0.1, -0.05) is 30.3 Å². The molecular weight excluding hydrogens is 386 g/mol. The monoisotopic (exact) mass is 403 g/mol. The zero-order chi connectivity index (χ0) is 22.0. The molecule has 0 atom stereocenters. The van der Waals surface area contributed by atoms with E-state index < -0.39 is 16.2 Å². The number of anilines is 1. The number of hydrogen-bond acceptors (Lipinski definition) is 5. The van der Waals surface area contributed by atoms with E-state index in [1.165, 1.54) is 0 Å². The number of hydrogen-bond donors (Lipinski definition) is 0. The minimum absolute atomic E-state index is 0.0289. The van der Waals surface area contributed by atoms with E-state index in [9.17, 15) is 25.8 Å². The number of rotatable bonds is 0. The van der Waals surface area contributed by atoms with Gasteiger partial charge in [0.2, 0.25) is 5.91 Å². The third-order valence-electron chi connectivity index (χ3n) is 7.40. The Morgan fingerprint density at radius 2 is 1.23 bits per heavy atom. The summed E-state index contributed by atoms with van der Waals surface area (Å²) in [5, 5.41) is 39.1. The first kappa shape index (κ1) is 18.9.